The third-order valence-corrected chi connectivity index (χ3v) is 9.29. The predicted octanol–water partition coefficient (Wildman–Crippen LogP) is 7.18. The molecule has 0 saturated heterocycles. The van der Waals surface area contributed by atoms with Crippen LogP contribution in [0.3, 0.4) is 0 Å². The van der Waals surface area contributed by atoms with Crippen molar-refractivity contribution in [3.63, 3.8) is 0 Å². The summed E-state index contributed by atoms with van der Waals surface area (Å²) in [4.78, 5) is 62.4. The van der Waals surface area contributed by atoms with Gasteiger partial charge in [0.15, 0.2) is 11.4 Å². The van der Waals surface area contributed by atoms with Crippen molar-refractivity contribution in [2.45, 2.75) is 77.3 Å². The fourth-order valence-corrected chi connectivity index (χ4v) is 6.65. The molecule has 2 unspecified atom stereocenters. The highest BCUT2D eigenvalue weighted by Gasteiger charge is 2.31. The maximum absolute atomic E-state index is 13.5. The summed E-state index contributed by atoms with van der Waals surface area (Å²) in [5, 5.41) is 5.90. The molecule has 6 rings (SSSR count). The molecule has 1 aliphatic rings. The molecule has 1 saturated carbocycles. The molecule has 3 aromatic carbocycles. The van der Waals surface area contributed by atoms with E-state index in [-0.39, 0.29) is 30.1 Å². The van der Waals surface area contributed by atoms with E-state index in [0.717, 1.165) is 48.8 Å². The molecule has 0 bridgehead atoms. The van der Waals surface area contributed by atoms with Crippen LogP contribution in [0, 0.1) is 19.8 Å². The van der Waals surface area contributed by atoms with E-state index in [1.807, 2.05) is 91.0 Å². The number of carbonyl (C=O) groups is 4. The van der Waals surface area contributed by atoms with Gasteiger partial charge in [-0.25, -0.2) is 9.97 Å². The van der Waals surface area contributed by atoms with Crippen molar-refractivity contribution in [2.75, 3.05) is 0 Å². The summed E-state index contributed by atoms with van der Waals surface area (Å²) >= 11 is 0. The molecule has 0 spiro atoms. The quantitative estimate of drug-likeness (QED) is 0.0959. The van der Waals surface area contributed by atoms with E-state index in [1.165, 1.54) is 0 Å². The lowest BCUT2D eigenvalue weighted by atomic mass is 9.82. The van der Waals surface area contributed by atoms with Gasteiger partial charge >= 0.3 is 11.9 Å². The molecule has 2 heterocycles. The summed E-state index contributed by atoms with van der Waals surface area (Å²) in [7, 11) is 0. The number of ether oxygens (including phenoxy) is 1. The number of hydrogen-bond donors (Lipinski definition) is 2. The second kappa shape index (κ2) is 16.9. The van der Waals surface area contributed by atoms with Gasteiger partial charge in [-0.2, -0.15) is 0 Å². The minimum absolute atomic E-state index is 0.0257. The fourth-order valence-electron chi connectivity index (χ4n) is 6.65. The summed E-state index contributed by atoms with van der Waals surface area (Å²) in [6.07, 6.45) is 4.54. The van der Waals surface area contributed by atoms with Gasteiger partial charge in [0.25, 0.3) is 11.8 Å². The minimum atomic E-state index is -0.790. The molecule has 2 amide bonds. The first-order valence-electron chi connectivity index (χ1n) is 17.7. The topological polar surface area (TPSA) is 154 Å². The highest BCUT2D eigenvalue weighted by atomic mass is 16.6. The van der Waals surface area contributed by atoms with E-state index in [0.29, 0.717) is 29.7 Å². The van der Waals surface area contributed by atoms with Gasteiger partial charge in [-0.05, 0) is 68.9 Å². The van der Waals surface area contributed by atoms with Crippen molar-refractivity contribution in [1.29, 1.82) is 0 Å². The lowest BCUT2D eigenvalue weighted by molar-refractivity contribution is -0.160. The number of aromatic nitrogens is 2. The van der Waals surface area contributed by atoms with Gasteiger partial charge in [0.05, 0.1) is 12.8 Å². The zero-order chi connectivity index (χ0) is 36.5. The third-order valence-electron chi connectivity index (χ3n) is 9.29. The predicted molar refractivity (Wildman–Crippen MR) is 193 cm³/mol. The van der Waals surface area contributed by atoms with Crippen LogP contribution >= 0.6 is 0 Å². The molecule has 268 valence electrons. The smallest absolute Gasteiger partial charge is 0.315 e. The number of hydrogen-bond acceptors (Lipinski definition) is 9. The van der Waals surface area contributed by atoms with Crippen molar-refractivity contribution in [3.8, 4) is 22.9 Å². The van der Waals surface area contributed by atoms with Gasteiger partial charge in [-0.3, -0.25) is 19.2 Å². The molecular weight excluding hydrogens is 660 g/mol. The van der Waals surface area contributed by atoms with Gasteiger partial charge in [0.1, 0.15) is 11.5 Å². The SMILES string of the molecule is Cc1oc(-c2ccccc2)nc1C(=O)NC(CC(=O)OC(=O)CC(NC(=O)c1nc(-c2ccccc2)oc1C)C1CCCCC1)Cc1ccccc1. The Hall–Kier alpha value is -5.84. The molecule has 2 atom stereocenters. The van der Waals surface area contributed by atoms with Crippen molar-refractivity contribution in [3.05, 3.63) is 119 Å². The fraction of sp³-hybridized carbons (Fsp3) is 0.317. The third kappa shape index (κ3) is 9.28. The van der Waals surface area contributed by atoms with Crippen LogP contribution in [0.25, 0.3) is 22.9 Å². The molecule has 0 aliphatic heterocycles. The Kier molecular flexibility index (Phi) is 11.7. The summed E-state index contributed by atoms with van der Waals surface area (Å²) in [6.45, 7) is 3.33. The summed E-state index contributed by atoms with van der Waals surface area (Å²) < 4.78 is 16.9. The summed E-state index contributed by atoms with van der Waals surface area (Å²) in [5.74, 6) is -1.16. The Labute approximate surface area is 302 Å². The highest BCUT2D eigenvalue weighted by Crippen LogP contribution is 2.29. The van der Waals surface area contributed by atoms with Crippen LogP contribution in [0.4, 0.5) is 0 Å². The Bertz CT molecular complexity index is 1980. The highest BCUT2D eigenvalue weighted by molar-refractivity contribution is 5.95. The van der Waals surface area contributed by atoms with Crippen LogP contribution in [0.15, 0.2) is 99.8 Å². The molecule has 0 radical (unpaired) electrons. The zero-order valence-electron chi connectivity index (χ0n) is 29.3. The zero-order valence-corrected chi connectivity index (χ0v) is 29.3. The molecule has 1 aliphatic carbocycles. The summed E-state index contributed by atoms with van der Waals surface area (Å²) in [6, 6.07) is 26.6. The summed E-state index contributed by atoms with van der Waals surface area (Å²) in [5.41, 5.74) is 2.59. The Balaban J connectivity index is 1.12. The molecular formula is C41H42N4O7. The molecule has 5 aromatic rings. The molecule has 2 aromatic heterocycles. The van der Waals surface area contributed by atoms with Gasteiger partial charge < -0.3 is 24.2 Å². The van der Waals surface area contributed by atoms with E-state index in [4.69, 9.17) is 13.6 Å². The first-order chi connectivity index (χ1) is 25.2. The maximum Gasteiger partial charge on any atom is 0.315 e. The van der Waals surface area contributed by atoms with Crippen LogP contribution in [-0.2, 0) is 20.7 Å². The van der Waals surface area contributed by atoms with E-state index in [2.05, 4.69) is 20.6 Å². The van der Waals surface area contributed by atoms with Gasteiger partial charge in [-0.15, -0.1) is 0 Å². The van der Waals surface area contributed by atoms with Gasteiger partial charge in [0.2, 0.25) is 11.8 Å². The van der Waals surface area contributed by atoms with Crippen LogP contribution in [0.2, 0.25) is 0 Å². The first kappa shape index (κ1) is 36.0. The number of carbonyl (C=O) groups excluding carboxylic acids is 4. The monoisotopic (exact) mass is 702 g/mol. The average Bonchev–Trinajstić information content (AvgIpc) is 3.75. The first-order valence-corrected chi connectivity index (χ1v) is 17.7. The van der Waals surface area contributed by atoms with E-state index in [1.54, 1.807) is 13.8 Å². The maximum atomic E-state index is 13.5. The van der Waals surface area contributed by atoms with Crippen molar-refractivity contribution < 1.29 is 32.7 Å². The molecule has 11 nitrogen and oxygen atoms in total. The van der Waals surface area contributed by atoms with E-state index in [9.17, 15) is 19.2 Å². The molecule has 52 heavy (non-hydrogen) atoms. The van der Waals surface area contributed by atoms with E-state index < -0.39 is 35.8 Å². The normalized spacial score (nSPS) is 14.3. The largest absolute Gasteiger partial charge is 0.441 e. The van der Waals surface area contributed by atoms with Gasteiger partial charge in [0, 0.05) is 23.2 Å². The molecule has 1 fully saturated rings. The van der Waals surface area contributed by atoms with Crippen molar-refractivity contribution in [2.24, 2.45) is 5.92 Å². The van der Waals surface area contributed by atoms with Gasteiger partial charge in [-0.1, -0.05) is 86.0 Å². The Morgan fingerprint density at radius 1 is 0.673 bits per heavy atom. The lowest BCUT2D eigenvalue weighted by Crippen LogP contribution is -2.43. The number of nitrogens with one attached hydrogen (secondary N) is 2. The standard InChI is InChI=1S/C41H42N4O7/c1-26-36(44-40(50-26)30-19-11-5-12-20-30)38(48)42-32(23-28-15-7-3-8-16-28)24-34(46)52-35(47)25-33(29-17-9-4-10-18-29)43-39(49)37-27(2)51-41(45-37)31-21-13-6-14-22-31/h3,5-8,11-16,19-22,29,32-33H,4,9-10,17-18,23-25H2,1-2H3,(H,42,48)(H,43,49). The van der Waals surface area contributed by atoms with Crippen molar-refractivity contribution >= 4 is 23.8 Å². The van der Waals surface area contributed by atoms with Crippen molar-refractivity contribution in [1.82, 2.24) is 20.6 Å². The number of amides is 2. The Morgan fingerprint density at radius 2 is 1.15 bits per heavy atom. The lowest BCUT2D eigenvalue weighted by Gasteiger charge is -2.30. The second-order valence-electron chi connectivity index (χ2n) is 13.2. The number of nitrogens with zero attached hydrogens (tertiary/aromatic N) is 2. The second-order valence-corrected chi connectivity index (χ2v) is 13.2. The number of rotatable bonds is 13. The van der Waals surface area contributed by atoms with Crippen LogP contribution in [0.1, 0.15) is 83.0 Å². The average molecular weight is 703 g/mol. The Morgan fingerprint density at radius 3 is 1.69 bits per heavy atom. The number of oxazole rings is 2. The number of esters is 2. The molecule has 2 N–H and O–H groups in total. The van der Waals surface area contributed by atoms with Crippen LogP contribution in [0.5, 0.6) is 0 Å². The number of aryl methyl sites for hydroxylation is 2. The van der Waals surface area contributed by atoms with Crippen LogP contribution in [-0.4, -0.2) is 45.8 Å². The minimum Gasteiger partial charge on any atom is -0.441 e. The molecule has 11 heteroatoms. The number of benzene rings is 3. The van der Waals surface area contributed by atoms with Crippen LogP contribution < -0.4 is 10.6 Å². The van der Waals surface area contributed by atoms with E-state index >= 15 is 0 Å².